The first kappa shape index (κ1) is 15.5. The lowest BCUT2D eigenvalue weighted by Gasteiger charge is -2.23. The number of hydrogen-bond acceptors (Lipinski definition) is 2. The van der Waals surface area contributed by atoms with Crippen LogP contribution in [0.5, 0.6) is 0 Å². The molecule has 1 saturated heterocycles. The van der Waals surface area contributed by atoms with Gasteiger partial charge in [-0.25, -0.2) is 0 Å². The van der Waals surface area contributed by atoms with Gasteiger partial charge in [0.05, 0.1) is 0 Å². The van der Waals surface area contributed by atoms with Crippen LogP contribution in [0.15, 0.2) is 30.3 Å². The molecule has 1 unspecified atom stereocenters. The van der Waals surface area contributed by atoms with Crippen LogP contribution in [0.2, 0.25) is 0 Å². The molecule has 0 radical (unpaired) electrons. The molecule has 1 aliphatic rings. The molecule has 0 spiro atoms. The summed E-state index contributed by atoms with van der Waals surface area (Å²) in [7, 11) is 0. The minimum atomic E-state index is -0.613. The molecular weight excluding hydrogens is 262 g/mol. The molecule has 0 aromatic heterocycles. The number of nitrogens with zero attached hydrogens (tertiary/aromatic N) is 1. The first-order chi connectivity index (χ1) is 9.92. The zero-order valence-electron chi connectivity index (χ0n) is 13.1. The van der Waals surface area contributed by atoms with Crippen LogP contribution in [0.1, 0.15) is 39.2 Å². The Hall–Kier alpha value is -1.84. The van der Waals surface area contributed by atoms with E-state index in [1.165, 1.54) is 5.56 Å². The predicted octanol–water partition coefficient (Wildman–Crippen LogP) is 2.79. The summed E-state index contributed by atoms with van der Waals surface area (Å²) in [6, 6.07) is 10.3. The first-order valence-corrected chi connectivity index (χ1v) is 7.65. The monoisotopic (exact) mass is 287 g/mol. The van der Waals surface area contributed by atoms with E-state index in [1.807, 2.05) is 25.1 Å². The third-order valence-electron chi connectivity index (χ3n) is 3.89. The Balaban J connectivity index is 1.92. The van der Waals surface area contributed by atoms with Crippen molar-refractivity contribution in [3.05, 3.63) is 35.9 Å². The summed E-state index contributed by atoms with van der Waals surface area (Å²) in [6.07, 6.45) is 2.56. The summed E-state index contributed by atoms with van der Waals surface area (Å²) >= 11 is 0. The second-order valence-electron chi connectivity index (χ2n) is 6.45. The highest BCUT2D eigenvalue weighted by atomic mass is 16.2. The third-order valence-corrected chi connectivity index (χ3v) is 3.89. The van der Waals surface area contributed by atoms with Crippen LogP contribution in [0.3, 0.4) is 0 Å². The second kappa shape index (κ2) is 6.29. The molecule has 1 aromatic carbocycles. The second-order valence-corrected chi connectivity index (χ2v) is 6.45. The van der Waals surface area contributed by atoms with Gasteiger partial charge in [-0.3, -0.25) is 15.1 Å². The van der Waals surface area contributed by atoms with E-state index in [0.29, 0.717) is 12.5 Å². The van der Waals surface area contributed by atoms with E-state index in [2.05, 4.69) is 31.3 Å². The van der Waals surface area contributed by atoms with Gasteiger partial charge in [-0.2, -0.15) is 0 Å². The van der Waals surface area contributed by atoms with Crippen molar-refractivity contribution in [2.24, 2.45) is 5.92 Å². The lowest BCUT2D eigenvalue weighted by Crippen LogP contribution is -2.45. The van der Waals surface area contributed by atoms with E-state index in [1.54, 1.807) is 4.90 Å². The van der Waals surface area contributed by atoms with Crippen LogP contribution in [0.25, 0.3) is 0 Å². The van der Waals surface area contributed by atoms with Crippen molar-refractivity contribution in [1.82, 2.24) is 10.2 Å². The smallest absolute Gasteiger partial charge is 0.254 e. The van der Waals surface area contributed by atoms with Gasteiger partial charge in [0, 0.05) is 6.54 Å². The van der Waals surface area contributed by atoms with Crippen molar-refractivity contribution < 1.29 is 4.79 Å². The SMILES string of the molecule is CC(C)CC1(C)NC(=N)N(CCCc2ccccc2)C1=O. The number of rotatable bonds is 6. The van der Waals surface area contributed by atoms with Crippen LogP contribution in [0, 0.1) is 11.3 Å². The minimum absolute atomic E-state index is 0.0364. The quantitative estimate of drug-likeness (QED) is 0.845. The first-order valence-electron chi connectivity index (χ1n) is 7.65. The summed E-state index contributed by atoms with van der Waals surface area (Å²) in [4.78, 5) is 14.1. The maximum atomic E-state index is 12.5. The van der Waals surface area contributed by atoms with Gasteiger partial charge < -0.3 is 5.32 Å². The Morgan fingerprint density at radius 3 is 2.57 bits per heavy atom. The molecule has 1 amide bonds. The molecule has 0 bridgehead atoms. The van der Waals surface area contributed by atoms with Gasteiger partial charge in [-0.15, -0.1) is 0 Å². The molecule has 4 heteroatoms. The van der Waals surface area contributed by atoms with Crippen molar-refractivity contribution >= 4 is 11.9 Å². The van der Waals surface area contributed by atoms with E-state index in [-0.39, 0.29) is 11.9 Å². The summed E-state index contributed by atoms with van der Waals surface area (Å²) < 4.78 is 0. The van der Waals surface area contributed by atoms with Crippen LogP contribution in [-0.2, 0) is 11.2 Å². The number of hydrogen-bond donors (Lipinski definition) is 2. The number of amides is 1. The average molecular weight is 287 g/mol. The lowest BCUT2D eigenvalue weighted by atomic mass is 9.91. The minimum Gasteiger partial charge on any atom is -0.342 e. The molecule has 2 rings (SSSR count). The van der Waals surface area contributed by atoms with Gasteiger partial charge in [0.25, 0.3) is 5.91 Å². The summed E-state index contributed by atoms with van der Waals surface area (Å²) in [5, 5.41) is 11.1. The third kappa shape index (κ3) is 3.63. The fraction of sp³-hybridized carbons (Fsp3) is 0.529. The molecule has 114 valence electrons. The summed E-state index contributed by atoms with van der Waals surface area (Å²) in [6.45, 7) is 6.71. The van der Waals surface area contributed by atoms with Crippen molar-refractivity contribution in [2.75, 3.05) is 6.54 Å². The number of carbonyl (C=O) groups excluding carboxylic acids is 1. The van der Waals surface area contributed by atoms with E-state index in [4.69, 9.17) is 5.41 Å². The fourth-order valence-electron chi connectivity index (χ4n) is 3.04. The van der Waals surface area contributed by atoms with E-state index in [0.717, 1.165) is 19.3 Å². The van der Waals surface area contributed by atoms with Gasteiger partial charge in [-0.05, 0) is 37.7 Å². The van der Waals surface area contributed by atoms with Gasteiger partial charge in [-0.1, -0.05) is 44.2 Å². The number of aryl methyl sites for hydroxylation is 1. The van der Waals surface area contributed by atoms with E-state index >= 15 is 0 Å². The number of guanidine groups is 1. The number of nitrogens with one attached hydrogen (secondary N) is 2. The lowest BCUT2D eigenvalue weighted by molar-refractivity contribution is -0.131. The molecule has 1 heterocycles. The molecule has 21 heavy (non-hydrogen) atoms. The Morgan fingerprint density at radius 2 is 1.95 bits per heavy atom. The van der Waals surface area contributed by atoms with Crippen molar-refractivity contribution in [3.63, 3.8) is 0 Å². The topological polar surface area (TPSA) is 56.2 Å². The largest absolute Gasteiger partial charge is 0.342 e. The Bertz CT molecular complexity index is 512. The summed E-state index contributed by atoms with van der Waals surface area (Å²) in [5.74, 6) is 0.703. The van der Waals surface area contributed by atoms with Gasteiger partial charge in [0.1, 0.15) is 5.54 Å². The fourth-order valence-corrected chi connectivity index (χ4v) is 3.04. The zero-order chi connectivity index (χ0) is 15.5. The Labute approximate surface area is 127 Å². The molecule has 0 saturated carbocycles. The molecule has 0 aliphatic carbocycles. The molecule has 4 nitrogen and oxygen atoms in total. The van der Waals surface area contributed by atoms with Crippen LogP contribution < -0.4 is 5.32 Å². The van der Waals surface area contributed by atoms with Gasteiger partial charge >= 0.3 is 0 Å². The van der Waals surface area contributed by atoms with Crippen LogP contribution in [-0.4, -0.2) is 28.9 Å². The molecule has 1 fully saturated rings. The maximum Gasteiger partial charge on any atom is 0.254 e. The maximum absolute atomic E-state index is 12.5. The number of carbonyl (C=O) groups is 1. The van der Waals surface area contributed by atoms with Crippen LogP contribution in [0.4, 0.5) is 0 Å². The highest BCUT2D eigenvalue weighted by Gasteiger charge is 2.45. The normalized spacial score (nSPS) is 22.0. The van der Waals surface area contributed by atoms with E-state index in [9.17, 15) is 4.79 Å². The highest BCUT2D eigenvalue weighted by molar-refractivity contribution is 6.07. The average Bonchev–Trinajstić information content (AvgIpc) is 2.62. The molecule has 1 aliphatic heterocycles. The van der Waals surface area contributed by atoms with Crippen molar-refractivity contribution in [1.29, 1.82) is 5.41 Å². The standard InChI is InChI=1S/C17H25N3O/c1-13(2)12-17(3)15(21)20(16(18)19-17)11-7-10-14-8-5-4-6-9-14/h4-6,8-9,13H,7,10-12H2,1-3H3,(H2,18,19). The predicted molar refractivity (Wildman–Crippen MR) is 85.2 cm³/mol. The summed E-state index contributed by atoms with van der Waals surface area (Å²) in [5.41, 5.74) is 0.659. The Kier molecular flexibility index (Phi) is 4.66. The van der Waals surface area contributed by atoms with Gasteiger partial charge in [0.15, 0.2) is 5.96 Å². The molecule has 1 atom stereocenters. The molecular formula is C17H25N3O. The van der Waals surface area contributed by atoms with Crippen molar-refractivity contribution in [3.8, 4) is 0 Å². The van der Waals surface area contributed by atoms with Crippen molar-refractivity contribution in [2.45, 2.75) is 45.6 Å². The van der Waals surface area contributed by atoms with Crippen LogP contribution >= 0.6 is 0 Å². The van der Waals surface area contributed by atoms with E-state index < -0.39 is 5.54 Å². The molecule has 2 N–H and O–H groups in total. The zero-order valence-corrected chi connectivity index (χ0v) is 13.1. The number of benzene rings is 1. The molecule has 1 aromatic rings. The Morgan fingerprint density at radius 1 is 1.29 bits per heavy atom. The highest BCUT2D eigenvalue weighted by Crippen LogP contribution is 2.24. The van der Waals surface area contributed by atoms with Gasteiger partial charge in [0.2, 0.25) is 0 Å².